The third-order valence-electron chi connectivity index (χ3n) is 3.11. The fraction of sp³-hybridized carbons (Fsp3) is 0.0588. The van der Waals surface area contributed by atoms with Crippen LogP contribution < -0.4 is 0 Å². The minimum absolute atomic E-state index is 0.0544. The number of carbonyl (C=O) groups is 1. The molecule has 0 fully saturated rings. The first-order chi connectivity index (χ1) is 10.2. The van der Waals surface area contributed by atoms with E-state index in [1.807, 2.05) is 42.0 Å². The van der Waals surface area contributed by atoms with E-state index in [0.717, 1.165) is 11.4 Å². The number of furan rings is 1. The van der Waals surface area contributed by atoms with Crippen molar-refractivity contribution in [2.45, 2.75) is 6.92 Å². The van der Waals surface area contributed by atoms with Gasteiger partial charge in [-0.15, -0.1) is 0 Å². The highest BCUT2D eigenvalue weighted by Gasteiger charge is 2.03. The third-order valence-corrected chi connectivity index (χ3v) is 3.11. The molecule has 0 spiro atoms. The summed E-state index contributed by atoms with van der Waals surface area (Å²) in [6.45, 7) is 1.87. The van der Waals surface area contributed by atoms with Gasteiger partial charge in [-0.2, -0.15) is 0 Å². The molecule has 21 heavy (non-hydrogen) atoms. The smallest absolute Gasteiger partial charge is 0.185 e. The molecule has 0 saturated carbocycles. The first-order valence-electron chi connectivity index (χ1n) is 6.59. The molecule has 0 aliphatic heterocycles. The predicted molar refractivity (Wildman–Crippen MR) is 80.4 cm³/mol. The largest absolute Gasteiger partial charge is 0.462 e. The van der Waals surface area contributed by atoms with Crippen LogP contribution in [0.4, 0.5) is 0 Å². The summed E-state index contributed by atoms with van der Waals surface area (Å²) in [5.74, 6) is 1.45. The number of allylic oxidation sites excluding steroid dienone is 1. The second-order valence-corrected chi connectivity index (χ2v) is 4.66. The van der Waals surface area contributed by atoms with E-state index in [1.165, 1.54) is 6.08 Å². The average molecular weight is 278 g/mol. The maximum atomic E-state index is 12.1. The highest BCUT2D eigenvalue weighted by atomic mass is 16.3. The number of rotatable bonds is 4. The van der Waals surface area contributed by atoms with Gasteiger partial charge in [0.2, 0.25) is 0 Å². The lowest BCUT2D eigenvalue weighted by Gasteiger charge is -2.02. The number of benzene rings is 1. The molecule has 2 aromatic heterocycles. The third kappa shape index (κ3) is 3.00. The number of nitrogens with zero attached hydrogens (tertiary/aromatic N) is 2. The molecule has 3 aromatic rings. The van der Waals surface area contributed by atoms with Crippen molar-refractivity contribution in [3.05, 3.63) is 78.3 Å². The summed E-state index contributed by atoms with van der Waals surface area (Å²) in [5, 5.41) is 0. The zero-order valence-corrected chi connectivity index (χ0v) is 11.6. The summed E-state index contributed by atoms with van der Waals surface area (Å²) in [6, 6.07) is 11.1. The fourth-order valence-electron chi connectivity index (χ4n) is 2.01. The average Bonchev–Trinajstić information content (AvgIpc) is 3.16. The molecule has 104 valence electrons. The van der Waals surface area contributed by atoms with Crippen LogP contribution in [0.3, 0.4) is 0 Å². The Morgan fingerprint density at radius 1 is 1.19 bits per heavy atom. The molecule has 0 aliphatic carbocycles. The van der Waals surface area contributed by atoms with Crippen LogP contribution in [0.15, 0.2) is 65.6 Å². The SMILES string of the molecule is Cc1ccc(/C=C/C(=O)c2ccc(-n3ccnc3)cc2)o1. The van der Waals surface area contributed by atoms with Gasteiger partial charge in [0, 0.05) is 23.6 Å². The maximum absolute atomic E-state index is 12.1. The van der Waals surface area contributed by atoms with Gasteiger partial charge in [-0.25, -0.2) is 4.98 Å². The summed E-state index contributed by atoms with van der Waals surface area (Å²) in [7, 11) is 0. The van der Waals surface area contributed by atoms with Crippen LogP contribution >= 0.6 is 0 Å². The summed E-state index contributed by atoms with van der Waals surface area (Å²) in [6.07, 6.45) is 8.49. The Kier molecular flexibility index (Phi) is 3.51. The number of imidazole rings is 1. The zero-order chi connectivity index (χ0) is 14.7. The highest BCUT2D eigenvalue weighted by Crippen LogP contribution is 2.12. The van der Waals surface area contributed by atoms with Crippen molar-refractivity contribution in [2.24, 2.45) is 0 Å². The number of carbonyl (C=O) groups excluding carboxylic acids is 1. The molecule has 0 amide bonds. The molecule has 4 nitrogen and oxygen atoms in total. The Labute approximate surface area is 122 Å². The molecule has 3 rings (SSSR count). The van der Waals surface area contributed by atoms with Crippen LogP contribution in [0.2, 0.25) is 0 Å². The van der Waals surface area contributed by atoms with Crippen LogP contribution in [-0.4, -0.2) is 15.3 Å². The number of aromatic nitrogens is 2. The highest BCUT2D eigenvalue weighted by molar-refractivity contribution is 6.06. The van der Waals surface area contributed by atoms with Crippen LogP contribution in [0.1, 0.15) is 21.9 Å². The van der Waals surface area contributed by atoms with Gasteiger partial charge in [-0.3, -0.25) is 4.79 Å². The molecule has 0 aliphatic rings. The topological polar surface area (TPSA) is 48.0 Å². The van der Waals surface area contributed by atoms with Gasteiger partial charge >= 0.3 is 0 Å². The molecule has 2 heterocycles. The molecule has 0 bridgehead atoms. The standard InChI is InChI=1S/C17H14N2O2/c1-13-2-7-16(21-13)8-9-17(20)14-3-5-15(6-4-14)19-11-10-18-12-19/h2-12H,1H3/b9-8+. The summed E-state index contributed by atoms with van der Waals surface area (Å²) in [4.78, 5) is 16.1. The number of hydrogen-bond donors (Lipinski definition) is 0. The minimum Gasteiger partial charge on any atom is -0.462 e. The van der Waals surface area contributed by atoms with Crippen molar-refractivity contribution in [1.29, 1.82) is 0 Å². The van der Waals surface area contributed by atoms with Crippen molar-refractivity contribution in [2.75, 3.05) is 0 Å². The lowest BCUT2D eigenvalue weighted by molar-refractivity contribution is 0.104. The van der Waals surface area contributed by atoms with Gasteiger partial charge in [0.1, 0.15) is 11.5 Å². The Morgan fingerprint density at radius 2 is 2.00 bits per heavy atom. The van der Waals surface area contributed by atoms with Crippen LogP contribution in [0, 0.1) is 6.92 Å². The first kappa shape index (κ1) is 13.1. The molecule has 4 heteroatoms. The van der Waals surface area contributed by atoms with Crippen molar-refractivity contribution in [1.82, 2.24) is 9.55 Å². The van der Waals surface area contributed by atoms with E-state index in [1.54, 1.807) is 30.7 Å². The summed E-state index contributed by atoms with van der Waals surface area (Å²) >= 11 is 0. The summed E-state index contributed by atoms with van der Waals surface area (Å²) in [5.41, 5.74) is 1.60. The molecule has 0 radical (unpaired) electrons. The quantitative estimate of drug-likeness (QED) is 0.540. The molecule has 0 unspecified atom stereocenters. The van der Waals surface area contributed by atoms with Crippen molar-refractivity contribution < 1.29 is 9.21 Å². The molecular formula is C17H14N2O2. The Balaban J connectivity index is 1.74. The van der Waals surface area contributed by atoms with Crippen molar-refractivity contribution in [3.8, 4) is 5.69 Å². The van der Waals surface area contributed by atoms with E-state index in [2.05, 4.69) is 4.98 Å². The van der Waals surface area contributed by atoms with Crippen LogP contribution in [0.5, 0.6) is 0 Å². The van der Waals surface area contributed by atoms with Gasteiger partial charge in [-0.1, -0.05) is 0 Å². The van der Waals surface area contributed by atoms with Crippen LogP contribution in [0.25, 0.3) is 11.8 Å². The second kappa shape index (κ2) is 5.63. The minimum atomic E-state index is -0.0544. The monoisotopic (exact) mass is 278 g/mol. The first-order valence-corrected chi connectivity index (χ1v) is 6.59. The van der Waals surface area contributed by atoms with Gasteiger partial charge in [0.05, 0.1) is 6.33 Å². The second-order valence-electron chi connectivity index (χ2n) is 4.66. The molecule has 0 N–H and O–H groups in total. The molecule has 0 atom stereocenters. The predicted octanol–water partition coefficient (Wildman–Crippen LogP) is 3.67. The van der Waals surface area contributed by atoms with Crippen molar-refractivity contribution >= 4 is 11.9 Å². The number of hydrogen-bond acceptors (Lipinski definition) is 3. The maximum Gasteiger partial charge on any atom is 0.185 e. The lowest BCUT2D eigenvalue weighted by atomic mass is 10.1. The van der Waals surface area contributed by atoms with Gasteiger partial charge in [-0.05, 0) is 55.5 Å². The molecule has 0 saturated heterocycles. The Morgan fingerprint density at radius 3 is 2.62 bits per heavy atom. The van der Waals surface area contributed by atoms with E-state index in [0.29, 0.717) is 11.3 Å². The Hall–Kier alpha value is -2.88. The summed E-state index contributed by atoms with van der Waals surface area (Å²) < 4.78 is 7.27. The van der Waals surface area contributed by atoms with Gasteiger partial charge in [0.15, 0.2) is 5.78 Å². The van der Waals surface area contributed by atoms with E-state index in [4.69, 9.17) is 4.42 Å². The Bertz CT molecular complexity index is 765. The van der Waals surface area contributed by atoms with E-state index in [-0.39, 0.29) is 5.78 Å². The van der Waals surface area contributed by atoms with E-state index < -0.39 is 0 Å². The molecule has 1 aromatic carbocycles. The van der Waals surface area contributed by atoms with E-state index >= 15 is 0 Å². The lowest BCUT2D eigenvalue weighted by Crippen LogP contribution is -1.96. The number of aryl methyl sites for hydroxylation is 1. The fourth-order valence-corrected chi connectivity index (χ4v) is 2.01. The zero-order valence-electron chi connectivity index (χ0n) is 11.6. The normalized spacial score (nSPS) is 11.1. The van der Waals surface area contributed by atoms with Crippen molar-refractivity contribution in [3.63, 3.8) is 0 Å². The van der Waals surface area contributed by atoms with Gasteiger partial charge in [0.25, 0.3) is 0 Å². The number of ketones is 1. The molecular weight excluding hydrogens is 264 g/mol. The van der Waals surface area contributed by atoms with E-state index in [9.17, 15) is 4.79 Å². The van der Waals surface area contributed by atoms with Gasteiger partial charge < -0.3 is 8.98 Å². The van der Waals surface area contributed by atoms with Crippen LogP contribution in [-0.2, 0) is 0 Å².